The maximum Gasteiger partial charge on any atom is 0.407 e. The zero-order valence-electron chi connectivity index (χ0n) is 15.5. The summed E-state index contributed by atoms with van der Waals surface area (Å²) in [4.78, 5) is 34.2. The van der Waals surface area contributed by atoms with Crippen LogP contribution in [0.15, 0.2) is 6.20 Å². The molecule has 1 aromatic heterocycles. The van der Waals surface area contributed by atoms with E-state index in [9.17, 15) is 9.59 Å². The van der Waals surface area contributed by atoms with Crippen LogP contribution in [0.1, 0.15) is 57.1 Å². The van der Waals surface area contributed by atoms with Crippen molar-refractivity contribution >= 4 is 12.0 Å². The van der Waals surface area contributed by atoms with Crippen molar-refractivity contribution in [3.63, 3.8) is 0 Å². The first-order valence-electron chi connectivity index (χ1n) is 8.61. The van der Waals surface area contributed by atoms with Gasteiger partial charge in [-0.3, -0.25) is 4.79 Å². The first-order valence-corrected chi connectivity index (χ1v) is 8.61. The Kier molecular flexibility index (Phi) is 6.41. The highest BCUT2D eigenvalue weighted by Crippen LogP contribution is 2.31. The van der Waals surface area contributed by atoms with E-state index in [1.807, 2.05) is 6.20 Å². The van der Waals surface area contributed by atoms with Gasteiger partial charge in [0.05, 0.1) is 19.3 Å². The van der Waals surface area contributed by atoms with Crippen molar-refractivity contribution in [2.24, 2.45) is 0 Å². The third kappa shape index (κ3) is 4.31. The van der Waals surface area contributed by atoms with E-state index >= 15 is 0 Å². The zero-order chi connectivity index (χ0) is 18.6. The minimum Gasteiger partial charge on any atom is -0.453 e. The molecule has 1 fully saturated rings. The number of carbonyl (C=O) groups excluding carboxylic acids is 2. The molecular formula is C17H28N4O4. The summed E-state index contributed by atoms with van der Waals surface area (Å²) in [5, 5.41) is 2.58. The van der Waals surface area contributed by atoms with Crippen LogP contribution in [-0.4, -0.2) is 59.8 Å². The molecule has 2 heterocycles. The van der Waals surface area contributed by atoms with Crippen LogP contribution >= 0.6 is 0 Å². The van der Waals surface area contributed by atoms with Crippen LogP contribution in [0.25, 0.3) is 0 Å². The molecule has 3 atom stereocenters. The van der Waals surface area contributed by atoms with E-state index in [2.05, 4.69) is 33.9 Å². The molecule has 8 heteroatoms. The monoisotopic (exact) mass is 352 g/mol. The molecule has 0 unspecified atom stereocenters. The number of ether oxygens (including phenoxy) is 2. The molecule has 0 radical (unpaired) electrons. The third-order valence-electron chi connectivity index (χ3n) is 4.65. The molecule has 2 N–H and O–H groups in total. The Morgan fingerprint density at radius 1 is 1.36 bits per heavy atom. The molecule has 2 rings (SSSR count). The summed E-state index contributed by atoms with van der Waals surface area (Å²) in [7, 11) is 2.77. The van der Waals surface area contributed by atoms with Gasteiger partial charge in [0.1, 0.15) is 11.9 Å². The molecule has 140 valence electrons. The Morgan fingerprint density at radius 3 is 2.64 bits per heavy atom. The maximum atomic E-state index is 13.1. The zero-order valence-corrected chi connectivity index (χ0v) is 15.5. The van der Waals surface area contributed by atoms with Gasteiger partial charge in [0.25, 0.3) is 0 Å². The number of carbonyl (C=O) groups is 2. The SMILES string of the molecule is COC(=O)N[C@H](C(=O)N1CCC[C@H]1c1ncc(C(C)C)[nH]1)[C@@H](C)OC. The number of alkyl carbamates (subject to hydrolysis) is 1. The summed E-state index contributed by atoms with van der Waals surface area (Å²) in [5.41, 5.74) is 1.05. The average Bonchev–Trinajstić information content (AvgIpc) is 3.26. The number of aromatic amines is 1. The Morgan fingerprint density at radius 2 is 2.08 bits per heavy atom. The van der Waals surface area contributed by atoms with Crippen molar-refractivity contribution in [3.05, 3.63) is 17.7 Å². The highest BCUT2D eigenvalue weighted by molar-refractivity contribution is 5.86. The van der Waals surface area contributed by atoms with Gasteiger partial charge in [0.15, 0.2) is 0 Å². The molecule has 0 spiro atoms. The van der Waals surface area contributed by atoms with Gasteiger partial charge in [-0.25, -0.2) is 9.78 Å². The molecule has 0 aliphatic carbocycles. The number of hydrogen-bond acceptors (Lipinski definition) is 5. The number of likely N-dealkylation sites (tertiary alicyclic amines) is 1. The first-order chi connectivity index (χ1) is 11.9. The van der Waals surface area contributed by atoms with Crippen molar-refractivity contribution in [1.82, 2.24) is 20.2 Å². The van der Waals surface area contributed by atoms with E-state index in [4.69, 9.17) is 4.74 Å². The maximum absolute atomic E-state index is 13.1. The lowest BCUT2D eigenvalue weighted by Gasteiger charge is -2.30. The fraction of sp³-hybridized carbons (Fsp3) is 0.706. The van der Waals surface area contributed by atoms with Crippen molar-refractivity contribution in [3.8, 4) is 0 Å². The minimum atomic E-state index is -0.808. The van der Waals surface area contributed by atoms with Crippen LogP contribution in [0, 0.1) is 0 Å². The second-order valence-electron chi connectivity index (χ2n) is 6.62. The van der Waals surface area contributed by atoms with Gasteiger partial charge >= 0.3 is 6.09 Å². The lowest BCUT2D eigenvalue weighted by molar-refractivity contribution is -0.137. The molecule has 1 aromatic rings. The van der Waals surface area contributed by atoms with E-state index in [1.165, 1.54) is 14.2 Å². The molecule has 2 amide bonds. The van der Waals surface area contributed by atoms with E-state index in [0.717, 1.165) is 24.4 Å². The lowest BCUT2D eigenvalue weighted by atomic mass is 10.1. The summed E-state index contributed by atoms with van der Waals surface area (Å²) in [6, 6.07) is -0.927. The van der Waals surface area contributed by atoms with E-state index in [-0.39, 0.29) is 11.9 Å². The van der Waals surface area contributed by atoms with Crippen LogP contribution < -0.4 is 5.32 Å². The molecule has 25 heavy (non-hydrogen) atoms. The number of methoxy groups -OCH3 is 2. The average molecular weight is 352 g/mol. The van der Waals surface area contributed by atoms with Crippen molar-refractivity contribution in [1.29, 1.82) is 0 Å². The number of amides is 2. The van der Waals surface area contributed by atoms with Gasteiger partial charge in [-0.1, -0.05) is 13.8 Å². The Labute approximate surface area is 148 Å². The number of imidazole rings is 1. The molecular weight excluding hydrogens is 324 g/mol. The van der Waals surface area contributed by atoms with Crippen LogP contribution in [-0.2, 0) is 14.3 Å². The van der Waals surface area contributed by atoms with Crippen molar-refractivity contribution in [2.45, 2.75) is 57.7 Å². The van der Waals surface area contributed by atoms with Gasteiger partial charge in [0, 0.05) is 25.5 Å². The number of hydrogen-bond donors (Lipinski definition) is 2. The first kappa shape index (κ1) is 19.2. The van der Waals surface area contributed by atoms with Crippen molar-refractivity contribution < 1.29 is 19.1 Å². The van der Waals surface area contributed by atoms with Crippen LogP contribution in [0.2, 0.25) is 0 Å². The molecule has 0 aromatic carbocycles. The summed E-state index contributed by atoms with van der Waals surface area (Å²) in [5.74, 6) is 0.940. The standard InChI is InChI=1S/C17H28N4O4/c1-10(2)12-9-18-15(19-12)13-7-6-8-21(13)16(22)14(11(3)24-4)20-17(23)25-5/h9-11,13-14H,6-8H2,1-5H3,(H,18,19)(H,20,23)/t11-,13+,14+/m1/s1. The van der Waals surface area contributed by atoms with Crippen LogP contribution in [0.5, 0.6) is 0 Å². The summed E-state index contributed by atoms with van der Waals surface area (Å²) < 4.78 is 9.91. The number of rotatable bonds is 6. The number of nitrogens with one attached hydrogen (secondary N) is 2. The third-order valence-corrected chi connectivity index (χ3v) is 4.65. The van der Waals surface area contributed by atoms with E-state index in [0.29, 0.717) is 12.5 Å². The Hall–Kier alpha value is -2.09. The predicted octanol–water partition coefficient (Wildman–Crippen LogP) is 1.96. The molecule has 1 aliphatic heterocycles. The van der Waals surface area contributed by atoms with Gasteiger partial charge < -0.3 is 24.7 Å². The van der Waals surface area contributed by atoms with E-state index in [1.54, 1.807) is 11.8 Å². The molecule has 0 bridgehead atoms. The topological polar surface area (TPSA) is 96.5 Å². The Balaban J connectivity index is 2.20. The molecule has 8 nitrogen and oxygen atoms in total. The van der Waals surface area contributed by atoms with Crippen LogP contribution in [0.4, 0.5) is 4.79 Å². The second kappa shape index (κ2) is 8.33. The predicted molar refractivity (Wildman–Crippen MR) is 92.2 cm³/mol. The number of nitrogens with zero attached hydrogens (tertiary/aromatic N) is 2. The number of H-pyrrole nitrogens is 1. The quantitative estimate of drug-likeness (QED) is 0.816. The van der Waals surface area contributed by atoms with Gasteiger partial charge in [-0.15, -0.1) is 0 Å². The molecule has 1 saturated heterocycles. The van der Waals surface area contributed by atoms with E-state index < -0.39 is 18.2 Å². The van der Waals surface area contributed by atoms with Gasteiger partial charge in [0.2, 0.25) is 5.91 Å². The van der Waals surface area contributed by atoms with Gasteiger partial charge in [-0.2, -0.15) is 0 Å². The highest BCUT2D eigenvalue weighted by Gasteiger charge is 2.38. The summed E-state index contributed by atoms with van der Waals surface area (Å²) >= 11 is 0. The van der Waals surface area contributed by atoms with Crippen molar-refractivity contribution in [2.75, 3.05) is 20.8 Å². The highest BCUT2D eigenvalue weighted by atomic mass is 16.5. The largest absolute Gasteiger partial charge is 0.453 e. The second-order valence-corrected chi connectivity index (χ2v) is 6.62. The molecule has 1 aliphatic rings. The fourth-order valence-electron chi connectivity index (χ4n) is 3.01. The smallest absolute Gasteiger partial charge is 0.407 e. The summed E-state index contributed by atoms with van der Waals surface area (Å²) in [6.45, 7) is 6.54. The number of aromatic nitrogens is 2. The van der Waals surface area contributed by atoms with Gasteiger partial charge in [-0.05, 0) is 25.7 Å². The molecule has 0 saturated carbocycles. The Bertz CT molecular complexity index is 601. The normalized spacial score (nSPS) is 19.8. The lowest BCUT2D eigenvalue weighted by Crippen LogP contribution is -2.54. The summed E-state index contributed by atoms with van der Waals surface area (Å²) in [6.07, 6.45) is 2.42. The minimum absolute atomic E-state index is 0.119. The van der Waals surface area contributed by atoms with Crippen LogP contribution in [0.3, 0.4) is 0 Å². The fourth-order valence-corrected chi connectivity index (χ4v) is 3.01.